The third kappa shape index (κ3) is 4.69. The van der Waals surface area contributed by atoms with Crippen molar-refractivity contribution < 1.29 is 17.9 Å². The van der Waals surface area contributed by atoms with Gasteiger partial charge in [-0.25, -0.2) is 4.98 Å². The molecular weight excluding hydrogens is 291 g/mol. The lowest BCUT2D eigenvalue weighted by Crippen LogP contribution is -2.19. The molecule has 4 nitrogen and oxygen atoms in total. The summed E-state index contributed by atoms with van der Waals surface area (Å²) in [7, 11) is 0. The maximum absolute atomic E-state index is 12.1. The van der Waals surface area contributed by atoms with Gasteiger partial charge in [-0.2, -0.15) is 17.5 Å². The highest BCUT2D eigenvalue weighted by Gasteiger charge is 2.28. The van der Waals surface area contributed by atoms with E-state index in [0.717, 1.165) is 5.56 Å². The average Bonchev–Trinajstić information content (AvgIpc) is 2.80. The number of nitrogens with zero attached hydrogens (tertiary/aromatic N) is 2. The van der Waals surface area contributed by atoms with Gasteiger partial charge in [0.2, 0.25) is 5.13 Å². The molecule has 108 valence electrons. The summed E-state index contributed by atoms with van der Waals surface area (Å²) in [4.78, 5) is 4.13. The van der Waals surface area contributed by atoms with E-state index in [-0.39, 0.29) is 5.75 Å². The van der Waals surface area contributed by atoms with Gasteiger partial charge in [-0.05, 0) is 24.6 Å². The number of hydrogen-bond donors (Lipinski definition) is 1. The summed E-state index contributed by atoms with van der Waals surface area (Å²) in [6, 6.07) is 6.49. The normalized spacial score (nSPS) is 11.4. The van der Waals surface area contributed by atoms with Crippen molar-refractivity contribution in [1.82, 2.24) is 9.36 Å². The maximum atomic E-state index is 12.1. The number of alkyl halides is 3. The molecule has 1 N–H and O–H groups in total. The monoisotopic (exact) mass is 303 g/mol. The Balaban J connectivity index is 1.92. The van der Waals surface area contributed by atoms with Gasteiger partial charge in [0, 0.05) is 18.1 Å². The van der Waals surface area contributed by atoms with E-state index >= 15 is 0 Å². The molecule has 0 unspecified atom stereocenters. The minimum absolute atomic E-state index is 0.190. The Morgan fingerprint density at radius 3 is 2.80 bits per heavy atom. The average molecular weight is 303 g/mol. The molecule has 0 atom stereocenters. The van der Waals surface area contributed by atoms with Crippen LogP contribution in [0.2, 0.25) is 0 Å². The van der Waals surface area contributed by atoms with E-state index in [1.54, 1.807) is 25.1 Å². The first-order valence-electron chi connectivity index (χ1n) is 5.75. The highest BCUT2D eigenvalue weighted by molar-refractivity contribution is 7.09. The van der Waals surface area contributed by atoms with Crippen molar-refractivity contribution in [3.8, 4) is 5.75 Å². The lowest BCUT2D eigenvalue weighted by molar-refractivity contribution is -0.153. The molecule has 0 fully saturated rings. The van der Waals surface area contributed by atoms with E-state index in [2.05, 4.69) is 19.4 Å². The maximum Gasteiger partial charge on any atom is 0.422 e. The van der Waals surface area contributed by atoms with Crippen molar-refractivity contribution in [2.75, 3.05) is 11.9 Å². The lowest BCUT2D eigenvalue weighted by Gasteiger charge is -2.10. The van der Waals surface area contributed by atoms with Gasteiger partial charge in [0.15, 0.2) is 6.61 Å². The molecule has 0 saturated heterocycles. The van der Waals surface area contributed by atoms with Crippen LogP contribution in [0.5, 0.6) is 5.75 Å². The molecule has 1 aromatic heterocycles. The minimum Gasteiger partial charge on any atom is -0.484 e. The minimum atomic E-state index is -4.33. The van der Waals surface area contributed by atoms with Crippen molar-refractivity contribution in [2.24, 2.45) is 0 Å². The number of aromatic nitrogens is 2. The first-order valence-corrected chi connectivity index (χ1v) is 6.52. The molecule has 8 heteroatoms. The van der Waals surface area contributed by atoms with Gasteiger partial charge >= 0.3 is 6.18 Å². The fourth-order valence-corrected chi connectivity index (χ4v) is 2.03. The van der Waals surface area contributed by atoms with Gasteiger partial charge in [-0.1, -0.05) is 12.1 Å². The Morgan fingerprint density at radius 1 is 1.35 bits per heavy atom. The SMILES string of the molecule is Cc1nsc(NCc2cccc(OCC(F)(F)F)c2)n1. The van der Waals surface area contributed by atoms with E-state index in [0.29, 0.717) is 17.5 Å². The highest BCUT2D eigenvalue weighted by Crippen LogP contribution is 2.20. The summed E-state index contributed by atoms with van der Waals surface area (Å²) in [5.41, 5.74) is 0.803. The Hall–Kier alpha value is -1.83. The first kappa shape index (κ1) is 14.6. The van der Waals surface area contributed by atoms with Crippen LogP contribution in [0.15, 0.2) is 24.3 Å². The van der Waals surface area contributed by atoms with E-state index in [1.807, 2.05) is 0 Å². The third-order valence-electron chi connectivity index (χ3n) is 2.27. The second kappa shape index (κ2) is 6.08. The topological polar surface area (TPSA) is 47.0 Å². The zero-order valence-electron chi connectivity index (χ0n) is 10.6. The van der Waals surface area contributed by atoms with Crippen LogP contribution in [0.4, 0.5) is 18.3 Å². The molecule has 0 radical (unpaired) electrons. The zero-order valence-corrected chi connectivity index (χ0v) is 11.4. The predicted octanol–water partition coefficient (Wildman–Crippen LogP) is 3.40. The molecule has 20 heavy (non-hydrogen) atoms. The molecule has 0 aliphatic carbocycles. The molecule has 0 spiro atoms. The van der Waals surface area contributed by atoms with Crippen LogP contribution in [-0.4, -0.2) is 22.1 Å². The number of aryl methyl sites for hydroxylation is 1. The van der Waals surface area contributed by atoms with Crippen LogP contribution >= 0.6 is 11.5 Å². The smallest absolute Gasteiger partial charge is 0.422 e. The Labute approximate surface area is 117 Å². The summed E-state index contributed by atoms with van der Waals surface area (Å²) in [6.07, 6.45) is -4.33. The first-order chi connectivity index (χ1) is 9.42. The number of nitrogens with one attached hydrogen (secondary N) is 1. The van der Waals surface area contributed by atoms with E-state index in [1.165, 1.54) is 17.6 Å². The molecule has 0 saturated carbocycles. The van der Waals surface area contributed by atoms with Gasteiger partial charge in [-0.3, -0.25) is 0 Å². The Morgan fingerprint density at radius 2 is 2.15 bits per heavy atom. The summed E-state index contributed by atoms with van der Waals surface area (Å²) in [5.74, 6) is 0.870. The number of halogens is 3. The van der Waals surface area contributed by atoms with Crippen LogP contribution in [-0.2, 0) is 6.54 Å². The van der Waals surface area contributed by atoms with E-state index < -0.39 is 12.8 Å². The number of hydrogen-bond acceptors (Lipinski definition) is 5. The largest absolute Gasteiger partial charge is 0.484 e. The molecular formula is C12H12F3N3OS. The van der Waals surface area contributed by atoms with Crippen LogP contribution in [0.1, 0.15) is 11.4 Å². The molecule has 0 amide bonds. The van der Waals surface area contributed by atoms with Crippen molar-refractivity contribution in [3.63, 3.8) is 0 Å². The van der Waals surface area contributed by atoms with Crippen LogP contribution in [0.3, 0.4) is 0 Å². The van der Waals surface area contributed by atoms with Gasteiger partial charge in [0.05, 0.1) is 0 Å². The molecule has 0 bridgehead atoms. The predicted molar refractivity (Wildman–Crippen MR) is 70.0 cm³/mol. The summed E-state index contributed by atoms with van der Waals surface area (Å²) < 4.78 is 44.9. The Bertz CT molecular complexity index is 571. The van der Waals surface area contributed by atoms with Crippen LogP contribution < -0.4 is 10.1 Å². The standard InChI is InChI=1S/C12H12F3N3OS/c1-8-17-11(20-18-8)16-6-9-3-2-4-10(5-9)19-7-12(13,14)15/h2-5H,6-7H2,1H3,(H,16,17,18). The molecule has 2 rings (SSSR count). The lowest BCUT2D eigenvalue weighted by atomic mass is 10.2. The molecule has 0 aliphatic heterocycles. The number of ether oxygens (including phenoxy) is 1. The molecule has 0 aliphatic rings. The number of anilines is 1. The zero-order chi connectivity index (χ0) is 14.6. The summed E-state index contributed by atoms with van der Waals surface area (Å²) in [5, 5.41) is 3.72. The third-order valence-corrected chi connectivity index (χ3v) is 3.04. The van der Waals surface area contributed by atoms with Gasteiger partial charge in [-0.15, -0.1) is 0 Å². The van der Waals surface area contributed by atoms with E-state index in [9.17, 15) is 13.2 Å². The number of benzene rings is 1. The fraction of sp³-hybridized carbons (Fsp3) is 0.333. The van der Waals surface area contributed by atoms with Crippen molar-refractivity contribution in [1.29, 1.82) is 0 Å². The fourth-order valence-electron chi connectivity index (χ4n) is 1.46. The summed E-state index contributed by atoms with van der Waals surface area (Å²) >= 11 is 1.23. The highest BCUT2D eigenvalue weighted by atomic mass is 32.1. The van der Waals surface area contributed by atoms with Gasteiger partial charge in [0.25, 0.3) is 0 Å². The van der Waals surface area contributed by atoms with Crippen LogP contribution in [0.25, 0.3) is 0 Å². The quantitative estimate of drug-likeness (QED) is 0.919. The molecule has 2 aromatic rings. The summed E-state index contributed by atoms with van der Waals surface area (Å²) in [6.45, 7) is 0.935. The van der Waals surface area contributed by atoms with Crippen molar-refractivity contribution >= 4 is 16.7 Å². The van der Waals surface area contributed by atoms with Crippen LogP contribution in [0, 0.1) is 6.92 Å². The van der Waals surface area contributed by atoms with Crippen molar-refractivity contribution in [2.45, 2.75) is 19.6 Å². The van der Waals surface area contributed by atoms with Crippen molar-refractivity contribution in [3.05, 3.63) is 35.7 Å². The van der Waals surface area contributed by atoms with Gasteiger partial charge in [0.1, 0.15) is 11.6 Å². The Kier molecular flexibility index (Phi) is 4.43. The molecule has 1 aromatic carbocycles. The second-order valence-corrected chi connectivity index (χ2v) is 4.80. The van der Waals surface area contributed by atoms with Gasteiger partial charge < -0.3 is 10.1 Å². The second-order valence-electron chi connectivity index (χ2n) is 4.05. The van der Waals surface area contributed by atoms with E-state index in [4.69, 9.17) is 0 Å². The number of rotatable bonds is 5. The molecule has 1 heterocycles.